The van der Waals surface area contributed by atoms with Gasteiger partial charge in [0.2, 0.25) is 0 Å². The summed E-state index contributed by atoms with van der Waals surface area (Å²) in [5, 5.41) is 3.37. The number of benzene rings is 1. The van der Waals surface area contributed by atoms with E-state index in [1.165, 1.54) is 0 Å². The van der Waals surface area contributed by atoms with Gasteiger partial charge >= 0.3 is 0 Å². The number of amides is 1. The van der Waals surface area contributed by atoms with Crippen molar-refractivity contribution in [3.63, 3.8) is 0 Å². The van der Waals surface area contributed by atoms with Gasteiger partial charge in [-0.2, -0.15) is 0 Å². The summed E-state index contributed by atoms with van der Waals surface area (Å²) in [6.07, 6.45) is 1.57. The standard InChI is InChI=1S/C13H10BrClN2O/c1-8-4-5-9(7-11(8)15)17-13(18)12-10(14)3-2-6-16-12/h2-7H,1H3,(H,17,18). The lowest BCUT2D eigenvalue weighted by Gasteiger charge is -2.07. The average molecular weight is 326 g/mol. The van der Waals surface area contributed by atoms with E-state index in [4.69, 9.17) is 11.6 Å². The van der Waals surface area contributed by atoms with Gasteiger partial charge in [-0.05, 0) is 52.7 Å². The first-order chi connectivity index (χ1) is 8.58. The number of rotatable bonds is 2. The van der Waals surface area contributed by atoms with Crippen LogP contribution >= 0.6 is 27.5 Å². The van der Waals surface area contributed by atoms with Crippen molar-refractivity contribution in [2.75, 3.05) is 5.32 Å². The quantitative estimate of drug-likeness (QED) is 0.905. The largest absolute Gasteiger partial charge is 0.321 e. The van der Waals surface area contributed by atoms with Crippen LogP contribution < -0.4 is 5.32 Å². The van der Waals surface area contributed by atoms with Gasteiger partial charge in [-0.25, -0.2) is 4.98 Å². The number of halogens is 2. The Hall–Kier alpha value is -1.39. The van der Waals surface area contributed by atoms with Crippen LogP contribution in [0.4, 0.5) is 5.69 Å². The molecule has 1 amide bonds. The molecule has 18 heavy (non-hydrogen) atoms. The van der Waals surface area contributed by atoms with Crippen LogP contribution in [0.3, 0.4) is 0 Å². The first-order valence-electron chi connectivity index (χ1n) is 5.26. The number of pyridine rings is 1. The molecule has 1 aromatic carbocycles. The van der Waals surface area contributed by atoms with Crippen LogP contribution in [-0.4, -0.2) is 10.9 Å². The number of carbonyl (C=O) groups excluding carboxylic acids is 1. The second kappa shape index (κ2) is 5.50. The maximum Gasteiger partial charge on any atom is 0.275 e. The highest BCUT2D eigenvalue weighted by Gasteiger charge is 2.11. The van der Waals surface area contributed by atoms with Crippen molar-refractivity contribution in [1.82, 2.24) is 4.98 Å². The van der Waals surface area contributed by atoms with Crippen molar-refractivity contribution in [3.8, 4) is 0 Å². The van der Waals surface area contributed by atoms with E-state index in [1.54, 1.807) is 30.5 Å². The van der Waals surface area contributed by atoms with E-state index in [2.05, 4.69) is 26.2 Å². The van der Waals surface area contributed by atoms with Gasteiger partial charge in [0.25, 0.3) is 5.91 Å². The number of anilines is 1. The highest BCUT2D eigenvalue weighted by atomic mass is 79.9. The summed E-state index contributed by atoms with van der Waals surface area (Å²) in [5.41, 5.74) is 1.95. The zero-order valence-electron chi connectivity index (χ0n) is 9.58. The Morgan fingerprint density at radius 3 is 2.83 bits per heavy atom. The third-order valence-corrected chi connectivity index (χ3v) is 3.45. The fourth-order valence-corrected chi connectivity index (χ4v) is 2.03. The third kappa shape index (κ3) is 2.89. The molecule has 1 heterocycles. The van der Waals surface area contributed by atoms with Crippen LogP contribution in [0.25, 0.3) is 0 Å². The Balaban J connectivity index is 2.22. The Labute approximate surface area is 118 Å². The Morgan fingerprint density at radius 2 is 2.17 bits per heavy atom. The molecule has 0 saturated heterocycles. The minimum absolute atomic E-state index is 0.276. The highest BCUT2D eigenvalue weighted by molar-refractivity contribution is 9.10. The van der Waals surface area contributed by atoms with E-state index < -0.39 is 0 Å². The molecule has 0 aliphatic heterocycles. The summed E-state index contributed by atoms with van der Waals surface area (Å²) in [5.74, 6) is -0.276. The molecule has 1 aromatic heterocycles. The van der Waals surface area contributed by atoms with E-state index in [0.29, 0.717) is 20.9 Å². The molecule has 0 radical (unpaired) electrons. The SMILES string of the molecule is Cc1ccc(NC(=O)c2ncccc2Br)cc1Cl. The smallest absolute Gasteiger partial charge is 0.275 e. The monoisotopic (exact) mass is 324 g/mol. The van der Waals surface area contributed by atoms with Crippen molar-refractivity contribution in [2.24, 2.45) is 0 Å². The van der Waals surface area contributed by atoms with Gasteiger partial charge in [0.1, 0.15) is 5.69 Å². The fraction of sp³-hybridized carbons (Fsp3) is 0.0769. The topological polar surface area (TPSA) is 42.0 Å². The van der Waals surface area contributed by atoms with Gasteiger partial charge in [0.05, 0.1) is 0 Å². The summed E-state index contributed by atoms with van der Waals surface area (Å²) in [6.45, 7) is 1.91. The molecule has 0 aliphatic rings. The van der Waals surface area contributed by atoms with Gasteiger partial charge in [-0.15, -0.1) is 0 Å². The zero-order chi connectivity index (χ0) is 13.1. The lowest BCUT2D eigenvalue weighted by molar-refractivity contribution is 0.102. The average Bonchev–Trinajstić information content (AvgIpc) is 2.34. The number of carbonyl (C=O) groups is 1. The molecule has 0 bridgehead atoms. The molecule has 0 spiro atoms. The first kappa shape index (κ1) is 13.1. The van der Waals surface area contributed by atoms with Crippen LogP contribution in [-0.2, 0) is 0 Å². The molecule has 1 N–H and O–H groups in total. The van der Waals surface area contributed by atoms with E-state index in [1.807, 2.05) is 13.0 Å². The van der Waals surface area contributed by atoms with Gasteiger partial charge in [0, 0.05) is 21.4 Å². The molecule has 3 nitrogen and oxygen atoms in total. The second-order valence-corrected chi connectivity index (χ2v) is 5.01. The highest BCUT2D eigenvalue weighted by Crippen LogP contribution is 2.21. The number of aromatic nitrogens is 1. The summed E-state index contributed by atoms with van der Waals surface area (Å²) < 4.78 is 0.653. The first-order valence-corrected chi connectivity index (χ1v) is 6.43. The number of nitrogens with one attached hydrogen (secondary N) is 1. The van der Waals surface area contributed by atoms with Crippen molar-refractivity contribution < 1.29 is 4.79 Å². The predicted molar refractivity (Wildman–Crippen MR) is 76.1 cm³/mol. The summed E-state index contributed by atoms with van der Waals surface area (Å²) in [7, 11) is 0. The number of hydrogen-bond donors (Lipinski definition) is 1. The van der Waals surface area contributed by atoms with Gasteiger partial charge in [-0.3, -0.25) is 4.79 Å². The van der Waals surface area contributed by atoms with Crippen LogP contribution in [0.1, 0.15) is 16.1 Å². The zero-order valence-corrected chi connectivity index (χ0v) is 11.9. The van der Waals surface area contributed by atoms with Crippen molar-refractivity contribution in [3.05, 3.63) is 57.3 Å². The van der Waals surface area contributed by atoms with E-state index >= 15 is 0 Å². The number of nitrogens with zero attached hydrogens (tertiary/aromatic N) is 1. The summed E-state index contributed by atoms with van der Waals surface area (Å²) >= 11 is 9.29. The molecule has 0 atom stereocenters. The summed E-state index contributed by atoms with van der Waals surface area (Å²) in [4.78, 5) is 16.0. The Bertz CT molecular complexity index is 601. The van der Waals surface area contributed by atoms with Crippen molar-refractivity contribution in [2.45, 2.75) is 6.92 Å². The Kier molecular flexibility index (Phi) is 3.99. The molecule has 2 aromatic rings. The lowest BCUT2D eigenvalue weighted by Crippen LogP contribution is -2.14. The predicted octanol–water partition coefficient (Wildman–Crippen LogP) is 4.06. The van der Waals surface area contributed by atoms with Gasteiger partial charge in [-0.1, -0.05) is 17.7 Å². The van der Waals surface area contributed by atoms with E-state index in [-0.39, 0.29) is 5.91 Å². The van der Waals surface area contributed by atoms with Crippen LogP contribution in [0, 0.1) is 6.92 Å². The normalized spacial score (nSPS) is 10.2. The third-order valence-electron chi connectivity index (χ3n) is 2.40. The molecule has 0 unspecified atom stereocenters. The van der Waals surface area contributed by atoms with Gasteiger partial charge < -0.3 is 5.32 Å². The van der Waals surface area contributed by atoms with E-state index in [9.17, 15) is 4.79 Å². The summed E-state index contributed by atoms with van der Waals surface area (Å²) in [6, 6.07) is 8.89. The minimum Gasteiger partial charge on any atom is -0.321 e. The van der Waals surface area contributed by atoms with Crippen molar-refractivity contribution >= 4 is 39.1 Å². The van der Waals surface area contributed by atoms with Crippen LogP contribution in [0.15, 0.2) is 41.0 Å². The maximum absolute atomic E-state index is 12.0. The fourth-order valence-electron chi connectivity index (χ4n) is 1.41. The van der Waals surface area contributed by atoms with Crippen LogP contribution in [0.5, 0.6) is 0 Å². The lowest BCUT2D eigenvalue weighted by atomic mass is 10.2. The maximum atomic E-state index is 12.0. The van der Waals surface area contributed by atoms with E-state index in [0.717, 1.165) is 5.56 Å². The molecule has 0 saturated carbocycles. The number of hydrogen-bond acceptors (Lipinski definition) is 2. The molecule has 0 fully saturated rings. The number of aryl methyl sites for hydroxylation is 1. The molecular formula is C13H10BrClN2O. The molecule has 5 heteroatoms. The molecule has 92 valence electrons. The minimum atomic E-state index is -0.276. The van der Waals surface area contributed by atoms with Crippen molar-refractivity contribution in [1.29, 1.82) is 0 Å². The molecular weight excluding hydrogens is 316 g/mol. The Morgan fingerprint density at radius 1 is 1.39 bits per heavy atom. The molecule has 2 rings (SSSR count). The van der Waals surface area contributed by atoms with Gasteiger partial charge in [0.15, 0.2) is 0 Å². The molecule has 0 aliphatic carbocycles. The second-order valence-electron chi connectivity index (χ2n) is 3.75. The van der Waals surface area contributed by atoms with Crippen LogP contribution in [0.2, 0.25) is 5.02 Å².